The molecule has 1 amide bonds. The van der Waals surface area contributed by atoms with Gasteiger partial charge in [-0.1, -0.05) is 0 Å². The van der Waals surface area contributed by atoms with Gasteiger partial charge in [0.15, 0.2) is 11.5 Å². The fourth-order valence-corrected chi connectivity index (χ4v) is 3.07. The summed E-state index contributed by atoms with van der Waals surface area (Å²) in [6.07, 6.45) is 3.61. The van der Waals surface area contributed by atoms with Crippen LogP contribution >= 0.6 is 0 Å². The minimum Gasteiger partial charge on any atom is -0.374 e. The second-order valence-electron chi connectivity index (χ2n) is 6.96. The van der Waals surface area contributed by atoms with Crippen LogP contribution in [-0.4, -0.2) is 33.7 Å². The van der Waals surface area contributed by atoms with Gasteiger partial charge in [-0.05, 0) is 67.6 Å². The largest absolute Gasteiger partial charge is 0.374 e. The Morgan fingerprint density at radius 3 is 2.81 bits per heavy atom. The second-order valence-corrected chi connectivity index (χ2v) is 6.96. The molecule has 6 nitrogen and oxygen atoms in total. The number of amides is 1. The predicted molar refractivity (Wildman–Crippen MR) is 99.0 cm³/mol. The van der Waals surface area contributed by atoms with E-state index < -0.39 is 5.82 Å². The molecule has 7 heteroatoms. The number of halogens is 1. The maximum Gasteiger partial charge on any atom is 0.251 e. The number of methoxy groups -OCH3 is 1. The molecule has 0 radical (unpaired) electrons. The smallest absolute Gasteiger partial charge is 0.251 e. The molecule has 0 bridgehead atoms. The van der Waals surface area contributed by atoms with Crippen molar-refractivity contribution in [1.29, 1.82) is 0 Å². The van der Waals surface area contributed by atoms with Crippen molar-refractivity contribution in [1.82, 2.24) is 19.9 Å². The molecule has 1 aliphatic rings. The number of aromatic nitrogens is 3. The summed E-state index contributed by atoms with van der Waals surface area (Å²) in [6, 6.07) is 6.95. The summed E-state index contributed by atoms with van der Waals surface area (Å²) in [5, 5.41) is 11.3. The number of pyridine rings is 1. The van der Waals surface area contributed by atoms with Gasteiger partial charge in [-0.15, -0.1) is 10.2 Å². The Hall–Kier alpha value is -2.80. The molecule has 1 N–H and O–H groups in total. The van der Waals surface area contributed by atoms with E-state index in [-0.39, 0.29) is 18.1 Å². The summed E-state index contributed by atoms with van der Waals surface area (Å²) in [5.74, 6) is 0.0559. The number of carbonyl (C=O) groups is 1. The molecule has 0 aliphatic heterocycles. The van der Waals surface area contributed by atoms with Crippen LogP contribution in [0.4, 0.5) is 4.39 Å². The molecule has 1 aliphatic carbocycles. The van der Waals surface area contributed by atoms with Gasteiger partial charge in [0.05, 0.1) is 0 Å². The number of benzene rings is 1. The van der Waals surface area contributed by atoms with Crippen LogP contribution in [0.2, 0.25) is 0 Å². The molecule has 2 heterocycles. The molecular weight excluding hydrogens is 347 g/mol. The number of hydrogen-bond acceptors (Lipinski definition) is 4. The van der Waals surface area contributed by atoms with Gasteiger partial charge in [-0.3, -0.25) is 9.20 Å². The van der Waals surface area contributed by atoms with Crippen LogP contribution in [-0.2, 0) is 4.74 Å². The fourth-order valence-electron chi connectivity index (χ4n) is 3.07. The molecule has 140 valence electrons. The molecule has 0 spiro atoms. The lowest BCUT2D eigenvalue weighted by Gasteiger charge is -2.12. The van der Waals surface area contributed by atoms with E-state index in [1.807, 2.05) is 29.7 Å². The Morgan fingerprint density at radius 1 is 1.33 bits per heavy atom. The molecule has 0 saturated heterocycles. The molecule has 1 atom stereocenters. The summed E-state index contributed by atoms with van der Waals surface area (Å²) in [5.41, 5.74) is 2.91. The van der Waals surface area contributed by atoms with Crippen LogP contribution in [0.15, 0.2) is 30.5 Å². The van der Waals surface area contributed by atoms with Crippen molar-refractivity contribution in [3.8, 4) is 11.1 Å². The Labute approximate surface area is 156 Å². The molecule has 1 fully saturated rings. The van der Waals surface area contributed by atoms with Crippen LogP contribution in [0, 0.1) is 12.7 Å². The van der Waals surface area contributed by atoms with Crippen molar-refractivity contribution < 1.29 is 13.9 Å². The normalized spacial score (nSPS) is 15.1. The second kappa shape index (κ2) is 6.74. The van der Waals surface area contributed by atoms with Crippen LogP contribution in [0.25, 0.3) is 16.8 Å². The number of ether oxygens (including phenoxy) is 1. The topological polar surface area (TPSA) is 68.5 Å². The quantitative estimate of drug-likeness (QED) is 0.749. The average Bonchev–Trinajstić information content (AvgIpc) is 3.38. The molecule has 3 aromatic rings. The number of nitrogens with zero attached hydrogens (tertiary/aromatic N) is 3. The standard InChI is InChI=1S/C20H21FN4O2/c1-11-16(8-14(9-17(11)21)20(26)22-15-4-5-15)13-6-7-25-18(10-13)23-24-19(25)12(2)27-3/h6-10,12,15H,4-5H2,1-3H3,(H,22,26). The number of fused-ring (bicyclic) bond motifs is 1. The molecule has 2 aromatic heterocycles. The first-order valence-electron chi connectivity index (χ1n) is 8.96. The molecule has 4 rings (SSSR count). The highest BCUT2D eigenvalue weighted by atomic mass is 19.1. The Balaban J connectivity index is 1.75. The van der Waals surface area contributed by atoms with Crippen molar-refractivity contribution in [2.45, 2.75) is 38.8 Å². The van der Waals surface area contributed by atoms with E-state index in [0.29, 0.717) is 28.2 Å². The maximum absolute atomic E-state index is 14.5. The molecular formula is C20H21FN4O2. The van der Waals surface area contributed by atoms with Gasteiger partial charge >= 0.3 is 0 Å². The Bertz CT molecular complexity index is 1030. The van der Waals surface area contributed by atoms with E-state index >= 15 is 0 Å². The van der Waals surface area contributed by atoms with Gasteiger partial charge in [0, 0.05) is 24.9 Å². The lowest BCUT2D eigenvalue weighted by atomic mass is 9.98. The minimum atomic E-state index is -0.400. The number of rotatable bonds is 5. The van der Waals surface area contributed by atoms with E-state index in [1.165, 1.54) is 6.07 Å². The third-order valence-electron chi connectivity index (χ3n) is 4.98. The fraction of sp³-hybridized carbons (Fsp3) is 0.350. The lowest BCUT2D eigenvalue weighted by molar-refractivity contribution is 0.0950. The molecule has 27 heavy (non-hydrogen) atoms. The zero-order valence-corrected chi connectivity index (χ0v) is 15.5. The van der Waals surface area contributed by atoms with E-state index in [2.05, 4.69) is 15.5 Å². The SMILES string of the molecule is COC(C)c1nnc2cc(-c3cc(C(=O)NC4CC4)cc(F)c3C)ccn12. The summed E-state index contributed by atoms with van der Waals surface area (Å²) in [4.78, 5) is 12.3. The number of hydrogen-bond donors (Lipinski definition) is 1. The minimum absolute atomic E-state index is 0.195. The van der Waals surface area contributed by atoms with E-state index in [1.54, 1.807) is 20.1 Å². The van der Waals surface area contributed by atoms with Crippen molar-refractivity contribution in [3.63, 3.8) is 0 Å². The first-order valence-corrected chi connectivity index (χ1v) is 8.96. The molecule has 1 unspecified atom stereocenters. The van der Waals surface area contributed by atoms with Gasteiger partial charge in [-0.2, -0.15) is 0 Å². The third kappa shape index (κ3) is 3.30. The number of nitrogens with one attached hydrogen (secondary N) is 1. The zero-order chi connectivity index (χ0) is 19.1. The van der Waals surface area contributed by atoms with Gasteiger partial charge in [-0.25, -0.2) is 4.39 Å². The lowest BCUT2D eigenvalue weighted by Crippen LogP contribution is -2.25. The summed E-state index contributed by atoms with van der Waals surface area (Å²) < 4.78 is 21.6. The highest BCUT2D eigenvalue weighted by Crippen LogP contribution is 2.29. The van der Waals surface area contributed by atoms with Gasteiger partial charge in [0.25, 0.3) is 5.91 Å². The van der Waals surface area contributed by atoms with E-state index in [4.69, 9.17) is 4.74 Å². The first kappa shape index (κ1) is 17.6. The third-order valence-corrected chi connectivity index (χ3v) is 4.98. The van der Waals surface area contributed by atoms with Gasteiger partial charge in [0.1, 0.15) is 11.9 Å². The first-order chi connectivity index (χ1) is 13.0. The maximum atomic E-state index is 14.5. The van der Waals surface area contributed by atoms with Crippen molar-refractivity contribution >= 4 is 11.6 Å². The average molecular weight is 368 g/mol. The predicted octanol–water partition coefficient (Wildman–Crippen LogP) is 3.44. The van der Waals surface area contributed by atoms with Crippen LogP contribution < -0.4 is 5.32 Å². The highest BCUT2D eigenvalue weighted by Gasteiger charge is 2.24. The van der Waals surface area contributed by atoms with Gasteiger partial charge in [0.2, 0.25) is 0 Å². The van der Waals surface area contributed by atoms with E-state index in [9.17, 15) is 9.18 Å². The Morgan fingerprint density at radius 2 is 2.11 bits per heavy atom. The monoisotopic (exact) mass is 368 g/mol. The summed E-state index contributed by atoms with van der Waals surface area (Å²) in [6.45, 7) is 3.60. The van der Waals surface area contributed by atoms with Crippen molar-refractivity contribution in [2.75, 3.05) is 7.11 Å². The Kier molecular flexibility index (Phi) is 4.39. The molecule has 1 saturated carbocycles. The van der Waals surface area contributed by atoms with Crippen LogP contribution in [0.5, 0.6) is 0 Å². The van der Waals surface area contributed by atoms with Crippen molar-refractivity contribution in [3.05, 3.63) is 53.2 Å². The van der Waals surface area contributed by atoms with Gasteiger partial charge < -0.3 is 10.1 Å². The van der Waals surface area contributed by atoms with Crippen molar-refractivity contribution in [2.24, 2.45) is 0 Å². The zero-order valence-electron chi connectivity index (χ0n) is 15.5. The summed E-state index contributed by atoms with van der Waals surface area (Å²) in [7, 11) is 1.62. The number of carbonyl (C=O) groups excluding carboxylic acids is 1. The van der Waals surface area contributed by atoms with E-state index in [0.717, 1.165) is 18.4 Å². The summed E-state index contributed by atoms with van der Waals surface area (Å²) >= 11 is 0. The van der Waals surface area contributed by atoms with Crippen LogP contribution in [0.3, 0.4) is 0 Å². The van der Waals surface area contributed by atoms with Crippen LogP contribution in [0.1, 0.15) is 47.6 Å². The highest BCUT2D eigenvalue weighted by molar-refractivity contribution is 5.96. The molecule has 1 aromatic carbocycles.